The first-order valence-corrected chi connectivity index (χ1v) is 2.65. The number of carbonyl (C=O) groups is 1. The number of amides is 1. The lowest BCUT2D eigenvalue weighted by atomic mass is 10.4. The first-order valence-electron chi connectivity index (χ1n) is 2.65. The van der Waals surface area contributed by atoms with Crippen LogP contribution in [0.25, 0.3) is 0 Å². The highest BCUT2D eigenvalue weighted by Gasteiger charge is 1.91. The van der Waals surface area contributed by atoms with Gasteiger partial charge in [-0.2, -0.15) is 4.39 Å². The second-order valence-electron chi connectivity index (χ2n) is 1.61. The number of aromatic nitrogens is 1. The molecule has 1 amide bonds. The maximum absolute atomic E-state index is 12.2. The van der Waals surface area contributed by atoms with Crippen LogP contribution in [0.2, 0.25) is 0 Å². The number of rotatable bonds is 2. The Bertz CT molecular complexity index is 239. The van der Waals surface area contributed by atoms with E-state index in [2.05, 4.69) is 10.3 Å². The van der Waals surface area contributed by atoms with Crippen molar-refractivity contribution < 1.29 is 9.18 Å². The highest BCUT2D eigenvalue weighted by molar-refractivity contribution is 5.68. The van der Waals surface area contributed by atoms with E-state index in [9.17, 15) is 9.18 Å². The molecular formula is C6H5FN2O. The van der Waals surface area contributed by atoms with Crippen LogP contribution < -0.4 is 5.32 Å². The normalized spacial score (nSPS) is 8.90. The van der Waals surface area contributed by atoms with Gasteiger partial charge in [-0.1, -0.05) is 6.07 Å². The van der Waals surface area contributed by atoms with Gasteiger partial charge in [0, 0.05) is 0 Å². The summed E-state index contributed by atoms with van der Waals surface area (Å²) in [6.45, 7) is 0. The van der Waals surface area contributed by atoms with Crippen LogP contribution >= 0.6 is 0 Å². The van der Waals surface area contributed by atoms with Crippen LogP contribution in [0, 0.1) is 5.95 Å². The third-order valence-electron chi connectivity index (χ3n) is 0.922. The molecule has 1 heterocycles. The van der Waals surface area contributed by atoms with E-state index in [4.69, 9.17) is 0 Å². The van der Waals surface area contributed by atoms with Gasteiger partial charge in [0.1, 0.15) is 5.82 Å². The summed E-state index contributed by atoms with van der Waals surface area (Å²) in [4.78, 5) is 13.2. The summed E-state index contributed by atoms with van der Waals surface area (Å²) in [5.74, 6) is -0.387. The minimum atomic E-state index is -0.605. The molecule has 0 spiro atoms. The Kier molecular flexibility index (Phi) is 1.94. The van der Waals surface area contributed by atoms with Crippen molar-refractivity contribution in [1.29, 1.82) is 0 Å². The van der Waals surface area contributed by atoms with Gasteiger partial charge >= 0.3 is 0 Å². The molecule has 0 saturated carbocycles. The van der Waals surface area contributed by atoms with Crippen LogP contribution in [0.4, 0.5) is 10.2 Å². The van der Waals surface area contributed by atoms with Gasteiger partial charge in [0.15, 0.2) is 0 Å². The monoisotopic (exact) mass is 140 g/mol. The van der Waals surface area contributed by atoms with Crippen LogP contribution in [0.5, 0.6) is 0 Å². The average Bonchev–Trinajstić information content (AvgIpc) is 1.88. The molecule has 0 atom stereocenters. The Hall–Kier alpha value is -1.45. The van der Waals surface area contributed by atoms with Crippen molar-refractivity contribution in [3.63, 3.8) is 0 Å². The molecule has 0 bridgehead atoms. The number of nitrogens with zero attached hydrogens (tertiary/aromatic N) is 1. The molecule has 0 saturated heterocycles. The summed E-state index contributed by atoms with van der Waals surface area (Å²) < 4.78 is 12.2. The van der Waals surface area contributed by atoms with E-state index >= 15 is 0 Å². The predicted molar refractivity (Wildman–Crippen MR) is 33.9 cm³/mol. The number of anilines is 1. The lowest BCUT2D eigenvalue weighted by molar-refractivity contribution is -0.105. The highest BCUT2D eigenvalue weighted by atomic mass is 19.1. The summed E-state index contributed by atoms with van der Waals surface area (Å²) in [5.41, 5.74) is 0. The zero-order valence-electron chi connectivity index (χ0n) is 5.04. The fourth-order valence-electron chi connectivity index (χ4n) is 0.549. The molecule has 0 aliphatic rings. The van der Waals surface area contributed by atoms with Crippen LogP contribution in [0.1, 0.15) is 0 Å². The standard InChI is InChI=1S/C6H5FN2O/c7-5-2-1-3-6(9-5)8-4-10/h1-4H,(H,8,9,10). The zero-order chi connectivity index (χ0) is 7.40. The quantitative estimate of drug-likeness (QED) is 0.487. The van der Waals surface area contributed by atoms with Crippen molar-refractivity contribution >= 4 is 12.2 Å². The van der Waals surface area contributed by atoms with Crippen molar-refractivity contribution in [3.05, 3.63) is 24.1 Å². The topological polar surface area (TPSA) is 42.0 Å². The van der Waals surface area contributed by atoms with E-state index in [0.29, 0.717) is 6.41 Å². The van der Waals surface area contributed by atoms with Crippen molar-refractivity contribution in [2.75, 3.05) is 5.32 Å². The molecule has 0 aliphatic heterocycles. The molecule has 4 heteroatoms. The Morgan fingerprint density at radius 1 is 1.60 bits per heavy atom. The number of carbonyl (C=O) groups excluding carboxylic acids is 1. The molecule has 0 fully saturated rings. The van der Waals surface area contributed by atoms with Crippen LogP contribution in [0.3, 0.4) is 0 Å². The Morgan fingerprint density at radius 2 is 2.40 bits per heavy atom. The summed E-state index contributed by atoms with van der Waals surface area (Å²) in [6.07, 6.45) is 0.446. The van der Waals surface area contributed by atoms with Crippen LogP contribution in [-0.2, 0) is 4.79 Å². The summed E-state index contributed by atoms with van der Waals surface area (Å²) in [7, 11) is 0. The molecule has 1 rings (SSSR count). The first kappa shape index (κ1) is 6.67. The largest absolute Gasteiger partial charge is 0.313 e. The molecule has 0 radical (unpaired) electrons. The summed E-state index contributed by atoms with van der Waals surface area (Å²) in [5, 5.41) is 2.22. The van der Waals surface area contributed by atoms with Gasteiger partial charge in [0.05, 0.1) is 0 Å². The Balaban J connectivity index is 2.84. The Morgan fingerprint density at radius 3 is 3.00 bits per heavy atom. The van der Waals surface area contributed by atoms with Crippen molar-refractivity contribution in [2.45, 2.75) is 0 Å². The van der Waals surface area contributed by atoms with Gasteiger partial charge < -0.3 is 5.32 Å². The minimum absolute atomic E-state index is 0.218. The lowest BCUT2D eigenvalue weighted by Crippen LogP contribution is -1.97. The van der Waals surface area contributed by atoms with Crippen LogP contribution in [-0.4, -0.2) is 11.4 Å². The molecule has 10 heavy (non-hydrogen) atoms. The molecule has 0 unspecified atom stereocenters. The van der Waals surface area contributed by atoms with Gasteiger partial charge in [-0.25, -0.2) is 4.98 Å². The van der Waals surface area contributed by atoms with E-state index in [1.807, 2.05) is 0 Å². The van der Waals surface area contributed by atoms with E-state index in [-0.39, 0.29) is 5.82 Å². The molecule has 3 nitrogen and oxygen atoms in total. The number of hydrogen-bond acceptors (Lipinski definition) is 2. The Labute approximate surface area is 56.9 Å². The van der Waals surface area contributed by atoms with E-state index in [0.717, 1.165) is 0 Å². The number of hydrogen-bond donors (Lipinski definition) is 1. The number of halogens is 1. The second kappa shape index (κ2) is 2.91. The van der Waals surface area contributed by atoms with E-state index in [1.165, 1.54) is 18.2 Å². The van der Waals surface area contributed by atoms with E-state index in [1.54, 1.807) is 0 Å². The lowest BCUT2D eigenvalue weighted by Gasteiger charge is -1.94. The van der Waals surface area contributed by atoms with Gasteiger partial charge in [-0.15, -0.1) is 0 Å². The average molecular weight is 140 g/mol. The van der Waals surface area contributed by atoms with Crippen molar-refractivity contribution in [2.24, 2.45) is 0 Å². The zero-order valence-corrected chi connectivity index (χ0v) is 5.04. The van der Waals surface area contributed by atoms with Crippen molar-refractivity contribution in [1.82, 2.24) is 4.98 Å². The molecular weight excluding hydrogens is 135 g/mol. The second-order valence-corrected chi connectivity index (χ2v) is 1.61. The fourth-order valence-corrected chi connectivity index (χ4v) is 0.549. The number of nitrogens with one attached hydrogen (secondary N) is 1. The molecule has 1 aromatic heterocycles. The first-order chi connectivity index (χ1) is 4.83. The predicted octanol–water partition coefficient (Wildman–Crippen LogP) is 0.789. The van der Waals surface area contributed by atoms with Crippen LogP contribution in [0.15, 0.2) is 18.2 Å². The molecule has 1 N–H and O–H groups in total. The van der Waals surface area contributed by atoms with Crippen molar-refractivity contribution in [3.8, 4) is 0 Å². The minimum Gasteiger partial charge on any atom is -0.313 e. The SMILES string of the molecule is O=CNc1cccc(F)n1. The van der Waals surface area contributed by atoms with Gasteiger partial charge in [0.25, 0.3) is 0 Å². The molecule has 1 aromatic rings. The van der Waals surface area contributed by atoms with Gasteiger partial charge in [-0.05, 0) is 12.1 Å². The maximum atomic E-state index is 12.2. The fraction of sp³-hybridized carbons (Fsp3) is 0. The smallest absolute Gasteiger partial charge is 0.214 e. The maximum Gasteiger partial charge on any atom is 0.214 e. The van der Waals surface area contributed by atoms with Gasteiger partial charge in [0.2, 0.25) is 12.4 Å². The summed E-state index contributed by atoms with van der Waals surface area (Å²) >= 11 is 0. The molecule has 0 aliphatic carbocycles. The van der Waals surface area contributed by atoms with Gasteiger partial charge in [-0.3, -0.25) is 4.79 Å². The molecule has 52 valence electrons. The summed E-state index contributed by atoms with van der Waals surface area (Å²) in [6, 6.07) is 4.17. The van der Waals surface area contributed by atoms with E-state index < -0.39 is 5.95 Å². The highest BCUT2D eigenvalue weighted by Crippen LogP contribution is 2.00. The molecule has 0 aromatic carbocycles. The third kappa shape index (κ3) is 1.51. The third-order valence-corrected chi connectivity index (χ3v) is 0.922. The number of pyridine rings is 1.